The number of halogens is 2. The van der Waals surface area contributed by atoms with E-state index in [0.29, 0.717) is 21.5 Å². The molecular formula is C14H9Cl2N3O. The molecule has 0 heterocycles. The molecular weight excluding hydrogens is 297 g/mol. The molecule has 0 aliphatic heterocycles. The van der Waals surface area contributed by atoms with E-state index in [2.05, 4.69) is 10.3 Å². The van der Waals surface area contributed by atoms with Crippen molar-refractivity contribution in [1.29, 1.82) is 5.26 Å². The average molecular weight is 306 g/mol. The Hall–Kier alpha value is -2.22. The van der Waals surface area contributed by atoms with E-state index in [0.717, 1.165) is 0 Å². The van der Waals surface area contributed by atoms with Gasteiger partial charge in [0.1, 0.15) is 5.75 Å². The largest absolute Gasteiger partial charge is 0.425 e. The van der Waals surface area contributed by atoms with E-state index in [1.165, 1.54) is 0 Å². The first-order chi connectivity index (χ1) is 9.70. The van der Waals surface area contributed by atoms with E-state index in [1.807, 2.05) is 18.2 Å². The summed E-state index contributed by atoms with van der Waals surface area (Å²) in [5, 5.41) is 12.3. The Morgan fingerprint density at radius 3 is 2.30 bits per heavy atom. The van der Waals surface area contributed by atoms with Gasteiger partial charge < -0.3 is 10.1 Å². The molecule has 1 N–H and O–H groups in total. The number of ether oxygens (including phenoxy) is 1. The molecule has 2 rings (SSSR count). The molecule has 0 saturated carbocycles. The SMILES string of the molecule is N#C/N=C(/Nc1c(Cl)cccc1Cl)Oc1ccccc1. The van der Waals surface area contributed by atoms with Crippen LogP contribution < -0.4 is 10.1 Å². The highest BCUT2D eigenvalue weighted by atomic mass is 35.5. The Morgan fingerprint density at radius 2 is 1.70 bits per heavy atom. The van der Waals surface area contributed by atoms with Crippen LogP contribution in [-0.4, -0.2) is 6.02 Å². The maximum atomic E-state index is 8.71. The molecule has 0 bridgehead atoms. The van der Waals surface area contributed by atoms with E-state index in [9.17, 15) is 0 Å². The van der Waals surface area contributed by atoms with Crippen molar-refractivity contribution in [2.45, 2.75) is 0 Å². The highest BCUT2D eigenvalue weighted by Crippen LogP contribution is 2.30. The maximum absolute atomic E-state index is 8.71. The van der Waals surface area contributed by atoms with Crippen molar-refractivity contribution in [3.63, 3.8) is 0 Å². The smallest absolute Gasteiger partial charge is 0.310 e. The molecule has 0 aliphatic carbocycles. The van der Waals surface area contributed by atoms with Crippen LogP contribution >= 0.6 is 23.2 Å². The van der Waals surface area contributed by atoms with Crippen LogP contribution in [0.3, 0.4) is 0 Å². The molecule has 2 aromatic carbocycles. The average Bonchev–Trinajstić information content (AvgIpc) is 2.44. The molecule has 4 nitrogen and oxygen atoms in total. The zero-order valence-corrected chi connectivity index (χ0v) is 11.7. The zero-order chi connectivity index (χ0) is 14.4. The number of hydrogen-bond acceptors (Lipinski definition) is 3. The zero-order valence-electron chi connectivity index (χ0n) is 10.2. The Bertz CT molecular complexity index is 646. The van der Waals surface area contributed by atoms with Crippen LogP contribution in [0.15, 0.2) is 53.5 Å². The van der Waals surface area contributed by atoms with E-state index < -0.39 is 0 Å². The summed E-state index contributed by atoms with van der Waals surface area (Å²) in [7, 11) is 0. The van der Waals surface area contributed by atoms with Crippen LogP contribution in [0, 0.1) is 11.5 Å². The lowest BCUT2D eigenvalue weighted by molar-refractivity contribution is 0.549. The molecule has 0 aliphatic rings. The van der Waals surface area contributed by atoms with Crippen LogP contribution in [-0.2, 0) is 0 Å². The fourth-order valence-corrected chi connectivity index (χ4v) is 1.94. The van der Waals surface area contributed by atoms with Gasteiger partial charge in [-0.25, -0.2) is 0 Å². The van der Waals surface area contributed by atoms with Crippen molar-refractivity contribution in [3.8, 4) is 11.9 Å². The first kappa shape index (κ1) is 14.2. The van der Waals surface area contributed by atoms with Crippen LogP contribution in [0.5, 0.6) is 5.75 Å². The Kier molecular flexibility index (Phi) is 4.83. The maximum Gasteiger partial charge on any atom is 0.310 e. The van der Waals surface area contributed by atoms with Gasteiger partial charge in [0.25, 0.3) is 0 Å². The molecule has 0 unspecified atom stereocenters. The second-order valence-corrected chi connectivity index (χ2v) is 4.47. The lowest BCUT2D eigenvalue weighted by Gasteiger charge is -2.12. The minimum Gasteiger partial charge on any atom is -0.425 e. The number of para-hydroxylation sites is 2. The summed E-state index contributed by atoms with van der Waals surface area (Å²) in [6.07, 6.45) is 1.66. The van der Waals surface area contributed by atoms with Gasteiger partial charge in [-0.2, -0.15) is 5.26 Å². The normalized spacial score (nSPS) is 10.8. The second kappa shape index (κ2) is 6.80. The molecule has 20 heavy (non-hydrogen) atoms. The van der Waals surface area contributed by atoms with E-state index in [4.69, 9.17) is 33.2 Å². The van der Waals surface area contributed by atoms with Gasteiger partial charge in [0.05, 0.1) is 15.7 Å². The van der Waals surface area contributed by atoms with Gasteiger partial charge >= 0.3 is 6.02 Å². The van der Waals surface area contributed by atoms with E-state index >= 15 is 0 Å². The van der Waals surface area contributed by atoms with E-state index in [1.54, 1.807) is 36.5 Å². The van der Waals surface area contributed by atoms with Crippen LogP contribution in [0.4, 0.5) is 5.69 Å². The molecule has 2 aromatic rings. The summed E-state index contributed by atoms with van der Waals surface area (Å²) in [5.74, 6) is 0.539. The number of benzene rings is 2. The number of nitrogens with zero attached hydrogens (tertiary/aromatic N) is 2. The predicted molar refractivity (Wildman–Crippen MR) is 80.2 cm³/mol. The lowest BCUT2D eigenvalue weighted by atomic mass is 10.3. The van der Waals surface area contributed by atoms with Gasteiger partial charge in [0, 0.05) is 0 Å². The van der Waals surface area contributed by atoms with Crippen molar-refractivity contribution in [2.75, 3.05) is 5.32 Å². The summed E-state index contributed by atoms with van der Waals surface area (Å²) in [6.45, 7) is 0. The van der Waals surface area contributed by atoms with Gasteiger partial charge in [-0.15, -0.1) is 4.99 Å². The first-order valence-corrected chi connectivity index (χ1v) is 6.37. The van der Waals surface area contributed by atoms with Crippen molar-refractivity contribution in [3.05, 3.63) is 58.6 Å². The van der Waals surface area contributed by atoms with Gasteiger partial charge in [0.15, 0.2) is 0 Å². The number of nitriles is 1. The quantitative estimate of drug-likeness (QED) is 0.510. The Balaban J connectivity index is 2.23. The van der Waals surface area contributed by atoms with Gasteiger partial charge in [0.2, 0.25) is 6.19 Å². The van der Waals surface area contributed by atoms with Crippen molar-refractivity contribution < 1.29 is 4.74 Å². The van der Waals surface area contributed by atoms with E-state index in [-0.39, 0.29) is 6.02 Å². The summed E-state index contributed by atoms with van der Waals surface area (Å²) in [5.41, 5.74) is 0.431. The minimum absolute atomic E-state index is 0.00583. The monoisotopic (exact) mass is 305 g/mol. The van der Waals surface area contributed by atoms with Crippen LogP contribution in [0.2, 0.25) is 10.0 Å². The first-order valence-electron chi connectivity index (χ1n) is 5.61. The highest BCUT2D eigenvalue weighted by molar-refractivity contribution is 6.39. The third kappa shape index (κ3) is 3.64. The number of aliphatic imine (C=N–C) groups is 1. The number of hydrogen-bond donors (Lipinski definition) is 1. The highest BCUT2D eigenvalue weighted by Gasteiger charge is 2.10. The number of anilines is 1. The third-order valence-electron chi connectivity index (χ3n) is 2.30. The lowest BCUT2D eigenvalue weighted by Crippen LogP contribution is -2.19. The summed E-state index contributed by atoms with van der Waals surface area (Å²) in [4.78, 5) is 3.57. The fraction of sp³-hybridized carbons (Fsp3) is 0. The van der Waals surface area contributed by atoms with Gasteiger partial charge in [-0.05, 0) is 24.3 Å². The molecule has 0 aromatic heterocycles. The molecule has 100 valence electrons. The molecule has 0 fully saturated rings. The van der Waals surface area contributed by atoms with Gasteiger partial charge in [-0.1, -0.05) is 47.5 Å². The molecule has 6 heteroatoms. The topological polar surface area (TPSA) is 57.4 Å². The van der Waals surface area contributed by atoms with Crippen LogP contribution in [0.25, 0.3) is 0 Å². The van der Waals surface area contributed by atoms with Crippen molar-refractivity contribution in [2.24, 2.45) is 4.99 Å². The summed E-state index contributed by atoms with van der Waals surface area (Å²) >= 11 is 12.1. The third-order valence-corrected chi connectivity index (χ3v) is 2.93. The molecule has 0 amide bonds. The Morgan fingerprint density at radius 1 is 1.05 bits per heavy atom. The molecule has 0 atom stereocenters. The van der Waals surface area contributed by atoms with Crippen LogP contribution in [0.1, 0.15) is 0 Å². The molecule has 0 radical (unpaired) electrons. The number of amidine groups is 1. The Labute approximate surface area is 126 Å². The fourth-order valence-electron chi connectivity index (χ4n) is 1.45. The molecule has 0 saturated heterocycles. The van der Waals surface area contributed by atoms with Crippen molar-refractivity contribution >= 4 is 34.9 Å². The summed E-state index contributed by atoms with van der Waals surface area (Å²) in [6, 6.07) is 14.0. The van der Waals surface area contributed by atoms with Crippen molar-refractivity contribution in [1.82, 2.24) is 0 Å². The number of nitrogens with one attached hydrogen (secondary N) is 1. The van der Waals surface area contributed by atoms with Gasteiger partial charge in [-0.3, -0.25) is 0 Å². The summed E-state index contributed by atoms with van der Waals surface area (Å²) < 4.78 is 5.47. The molecule has 0 spiro atoms. The standard InChI is InChI=1S/C14H9Cl2N3O/c15-11-7-4-8-12(16)13(11)19-14(18-9-17)20-10-5-2-1-3-6-10/h1-8H,(H,18,19). The second-order valence-electron chi connectivity index (χ2n) is 3.65. The minimum atomic E-state index is -0.00583. The predicted octanol–water partition coefficient (Wildman–Crippen LogP) is 4.32. The number of rotatable bonds is 2.